The van der Waals surface area contributed by atoms with E-state index >= 15 is 0 Å². The predicted octanol–water partition coefficient (Wildman–Crippen LogP) is 3.11. The third kappa shape index (κ3) is 1.86. The van der Waals surface area contributed by atoms with Gasteiger partial charge in [-0.3, -0.25) is 0 Å². The van der Waals surface area contributed by atoms with E-state index in [0.29, 0.717) is 17.1 Å². The van der Waals surface area contributed by atoms with Crippen molar-refractivity contribution in [2.24, 2.45) is 0 Å². The third-order valence-corrected chi connectivity index (χ3v) is 2.75. The SMILES string of the molecule is Cc1nc(-c2ccccc2Br)c(C(=O)O)o1. The number of carboxylic acid groups (broad SMARTS) is 1. The van der Waals surface area contributed by atoms with Gasteiger partial charge in [0.2, 0.25) is 5.76 Å². The molecule has 0 fully saturated rings. The molecule has 1 aromatic heterocycles. The summed E-state index contributed by atoms with van der Waals surface area (Å²) < 4.78 is 5.84. The summed E-state index contributed by atoms with van der Waals surface area (Å²) in [7, 11) is 0. The van der Waals surface area contributed by atoms with Crippen LogP contribution >= 0.6 is 15.9 Å². The van der Waals surface area contributed by atoms with Crippen molar-refractivity contribution in [3.05, 3.63) is 40.4 Å². The van der Waals surface area contributed by atoms with Crippen LogP contribution in [0.5, 0.6) is 0 Å². The minimum atomic E-state index is -1.12. The summed E-state index contributed by atoms with van der Waals surface area (Å²) in [5.41, 5.74) is 1.05. The van der Waals surface area contributed by atoms with Gasteiger partial charge in [-0.15, -0.1) is 0 Å². The van der Waals surface area contributed by atoms with E-state index in [2.05, 4.69) is 20.9 Å². The number of nitrogens with zero attached hydrogens (tertiary/aromatic N) is 1. The van der Waals surface area contributed by atoms with E-state index in [0.717, 1.165) is 4.47 Å². The Bertz CT molecular complexity index is 548. The van der Waals surface area contributed by atoms with Gasteiger partial charge < -0.3 is 9.52 Å². The molecule has 0 radical (unpaired) electrons. The molecule has 16 heavy (non-hydrogen) atoms. The highest BCUT2D eigenvalue weighted by Gasteiger charge is 2.20. The second kappa shape index (κ2) is 4.09. The number of benzene rings is 1. The van der Waals surface area contributed by atoms with E-state index in [-0.39, 0.29) is 5.76 Å². The van der Waals surface area contributed by atoms with Crippen LogP contribution in [0.4, 0.5) is 0 Å². The number of oxazole rings is 1. The molecular formula is C11H8BrNO3. The Labute approximate surface area is 100 Å². The van der Waals surface area contributed by atoms with Gasteiger partial charge in [0.15, 0.2) is 5.89 Å². The number of hydrogen-bond donors (Lipinski definition) is 1. The topological polar surface area (TPSA) is 63.3 Å². The highest BCUT2D eigenvalue weighted by atomic mass is 79.9. The first-order valence-electron chi connectivity index (χ1n) is 4.55. The van der Waals surface area contributed by atoms with E-state index < -0.39 is 5.97 Å². The van der Waals surface area contributed by atoms with Gasteiger partial charge in [0, 0.05) is 17.0 Å². The summed E-state index contributed by atoms with van der Waals surface area (Å²) in [4.78, 5) is 15.1. The summed E-state index contributed by atoms with van der Waals surface area (Å²) in [5.74, 6) is -0.918. The van der Waals surface area contributed by atoms with Crippen LogP contribution in [-0.2, 0) is 0 Å². The number of aromatic nitrogens is 1. The Morgan fingerprint density at radius 3 is 2.75 bits per heavy atom. The highest BCUT2D eigenvalue weighted by Crippen LogP contribution is 2.30. The van der Waals surface area contributed by atoms with E-state index in [4.69, 9.17) is 9.52 Å². The molecule has 1 N–H and O–H groups in total. The molecule has 0 bridgehead atoms. The molecule has 0 amide bonds. The lowest BCUT2D eigenvalue weighted by Gasteiger charge is -2.00. The van der Waals surface area contributed by atoms with Crippen LogP contribution < -0.4 is 0 Å². The van der Waals surface area contributed by atoms with Crippen molar-refractivity contribution in [3.8, 4) is 11.3 Å². The van der Waals surface area contributed by atoms with E-state index in [9.17, 15) is 4.79 Å². The van der Waals surface area contributed by atoms with Crippen LogP contribution in [0.15, 0.2) is 33.2 Å². The van der Waals surface area contributed by atoms with Crippen LogP contribution in [0.25, 0.3) is 11.3 Å². The minimum absolute atomic E-state index is 0.135. The average Bonchev–Trinajstić information content (AvgIpc) is 2.61. The Hall–Kier alpha value is -1.62. The fraction of sp³-hybridized carbons (Fsp3) is 0.0909. The maximum atomic E-state index is 11.0. The lowest BCUT2D eigenvalue weighted by Crippen LogP contribution is -1.96. The largest absolute Gasteiger partial charge is 0.475 e. The normalized spacial score (nSPS) is 10.4. The molecule has 0 atom stereocenters. The van der Waals surface area contributed by atoms with Gasteiger partial charge in [0.05, 0.1) is 0 Å². The summed E-state index contributed by atoms with van der Waals surface area (Å²) in [6, 6.07) is 7.27. The van der Waals surface area contributed by atoms with Crippen molar-refractivity contribution in [3.63, 3.8) is 0 Å². The van der Waals surface area contributed by atoms with Crippen LogP contribution in [-0.4, -0.2) is 16.1 Å². The second-order valence-electron chi connectivity index (χ2n) is 3.20. The van der Waals surface area contributed by atoms with Crippen molar-refractivity contribution in [1.29, 1.82) is 0 Å². The molecular weight excluding hydrogens is 274 g/mol. The smallest absolute Gasteiger partial charge is 0.374 e. The highest BCUT2D eigenvalue weighted by molar-refractivity contribution is 9.10. The number of aromatic carboxylic acids is 1. The van der Waals surface area contributed by atoms with Crippen molar-refractivity contribution in [1.82, 2.24) is 4.98 Å². The minimum Gasteiger partial charge on any atom is -0.475 e. The number of rotatable bonds is 2. The van der Waals surface area contributed by atoms with Crippen molar-refractivity contribution in [2.45, 2.75) is 6.92 Å². The molecule has 0 spiro atoms. The molecule has 2 aromatic rings. The summed E-state index contributed by atoms with van der Waals surface area (Å²) in [6.45, 7) is 1.62. The molecule has 0 unspecified atom stereocenters. The summed E-state index contributed by atoms with van der Waals surface area (Å²) >= 11 is 3.35. The second-order valence-corrected chi connectivity index (χ2v) is 4.05. The predicted molar refractivity (Wildman–Crippen MR) is 61.3 cm³/mol. The van der Waals surface area contributed by atoms with Crippen LogP contribution in [0.3, 0.4) is 0 Å². The van der Waals surface area contributed by atoms with Gasteiger partial charge >= 0.3 is 5.97 Å². The first kappa shape index (κ1) is 10.9. The van der Waals surface area contributed by atoms with Gasteiger partial charge in [-0.2, -0.15) is 0 Å². The van der Waals surface area contributed by atoms with Gasteiger partial charge in [-0.1, -0.05) is 34.1 Å². The lowest BCUT2D eigenvalue weighted by molar-refractivity contribution is 0.0662. The van der Waals surface area contributed by atoms with Crippen LogP contribution in [0.1, 0.15) is 16.4 Å². The lowest BCUT2D eigenvalue weighted by atomic mass is 10.1. The summed E-state index contributed by atoms with van der Waals surface area (Å²) in [6.07, 6.45) is 0. The zero-order valence-electron chi connectivity index (χ0n) is 8.40. The molecule has 82 valence electrons. The molecule has 2 rings (SSSR count). The number of aryl methyl sites for hydroxylation is 1. The van der Waals surface area contributed by atoms with Gasteiger partial charge in [0.25, 0.3) is 0 Å². The molecule has 1 aromatic carbocycles. The maximum Gasteiger partial charge on any atom is 0.374 e. The van der Waals surface area contributed by atoms with E-state index in [1.807, 2.05) is 18.2 Å². The fourth-order valence-electron chi connectivity index (χ4n) is 1.41. The molecule has 0 aliphatic heterocycles. The van der Waals surface area contributed by atoms with Gasteiger partial charge in [-0.05, 0) is 6.07 Å². The zero-order chi connectivity index (χ0) is 11.7. The number of carbonyl (C=O) groups is 1. The summed E-state index contributed by atoms with van der Waals surface area (Å²) in [5, 5.41) is 8.98. The van der Waals surface area contributed by atoms with E-state index in [1.54, 1.807) is 13.0 Å². The Balaban J connectivity index is 2.64. The average molecular weight is 282 g/mol. The maximum absolute atomic E-state index is 11.0. The third-order valence-electron chi connectivity index (χ3n) is 2.06. The van der Waals surface area contributed by atoms with Gasteiger partial charge in [-0.25, -0.2) is 9.78 Å². The first-order chi connectivity index (χ1) is 7.59. The zero-order valence-corrected chi connectivity index (χ0v) is 9.98. The van der Waals surface area contributed by atoms with Crippen molar-refractivity contribution >= 4 is 21.9 Å². The van der Waals surface area contributed by atoms with E-state index in [1.165, 1.54) is 0 Å². The Kier molecular flexibility index (Phi) is 2.78. The molecule has 0 aliphatic carbocycles. The Morgan fingerprint density at radius 1 is 1.44 bits per heavy atom. The van der Waals surface area contributed by atoms with Crippen molar-refractivity contribution < 1.29 is 14.3 Å². The number of carboxylic acids is 1. The monoisotopic (exact) mass is 281 g/mol. The molecule has 5 heteroatoms. The molecule has 0 aliphatic rings. The van der Waals surface area contributed by atoms with Crippen molar-refractivity contribution in [2.75, 3.05) is 0 Å². The first-order valence-corrected chi connectivity index (χ1v) is 5.34. The standard InChI is InChI=1S/C11H8BrNO3/c1-6-13-9(10(16-6)11(14)15)7-4-2-3-5-8(7)12/h2-5H,1H3,(H,14,15). The molecule has 0 saturated carbocycles. The molecule has 1 heterocycles. The van der Waals surface area contributed by atoms with Crippen LogP contribution in [0, 0.1) is 6.92 Å². The van der Waals surface area contributed by atoms with Crippen LogP contribution in [0.2, 0.25) is 0 Å². The quantitative estimate of drug-likeness (QED) is 0.919. The molecule has 0 saturated heterocycles. The number of halogens is 1. The Morgan fingerprint density at radius 2 is 2.12 bits per heavy atom. The number of hydrogen-bond acceptors (Lipinski definition) is 3. The molecule has 4 nitrogen and oxygen atoms in total. The fourth-order valence-corrected chi connectivity index (χ4v) is 1.88. The van der Waals surface area contributed by atoms with Gasteiger partial charge in [0.1, 0.15) is 5.69 Å².